The zero-order valence-corrected chi connectivity index (χ0v) is 16.6. The highest BCUT2D eigenvalue weighted by Crippen LogP contribution is 2.31. The third kappa shape index (κ3) is 4.89. The average Bonchev–Trinajstić information content (AvgIpc) is 3.47. The molecule has 0 atom stereocenters. The first-order valence-electron chi connectivity index (χ1n) is 9.79. The number of hydrogen-bond acceptors (Lipinski definition) is 8. The van der Waals surface area contributed by atoms with Gasteiger partial charge in [0.1, 0.15) is 12.2 Å². The Morgan fingerprint density at radius 2 is 1.97 bits per heavy atom. The number of rotatable bonds is 7. The highest BCUT2D eigenvalue weighted by molar-refractivity contribution is 5.84. The Kier molecular flexibility index (Phi) is 5.92. The van der Waals surface area contributed by atoms with Crippen LogP contribution in [-0.2, 0) is 11.3 Å². The molecule has 11 heteroatoms. The van der Waals surface area contributed by atoms with Crippen LogP contribution in [0, 0.1) is 10.1 Å². The Bertz CT molecular complexity index is 1110. The molecule has 1 amide bonds. The SMILES string of the molecule is O=C(Cn1nnc(-c2ccccc2)n1)N/N=C\c1ccc(N2CCCC2)c([N+](=O)[O-])c1. The van der Waals surface area contributed by atoms with Gasteiger partial charge in [0.25, 0.3) is 11.6 Å². The molecule has 0 aliphatic carbocycles. The molecule has 1 fully saturated rings. The lowest BCUT2D eigenvalue weighted by Crippen LogP contribution is -2.24. The first-order chi connectivity index (χ1) is 15.1. The van der Waals surface area contributed by atoms with Gasteiger partial charge in [-0.15, -0.1) is 10.2 Å². The van der Waals surface area contributed by atoms with Crippen molar-refractivity contribution in [3.63, 3.8) is 0 Å². The van der Waals surface area contributed by atoms with Crippen LogP contribution in [-0.4, -0.2) is 50.3 Å². The maximum atomic E-state index is 12.1. The Morgan fingerprint density at radius 3 is 2.71 bits per heavy atom. The number of nitrogens with zero attached hydrogens (tertiary/aromatic N) is 7. The van der Waals surface area contributed by atoms with Crippen LogP contribution < -0.4 is 10.3 Å². The summed E-state index contributed by atoms with van der Waals surface area (Å²) in [6, 6.07) is 14.2. The van der Waals surface area contributed by atoms with Crippen molar-refractivity contribution in [2.45, 2.75) is 19.4 Å². The van der Waals surface area contributed by atoms with Crippen LogP contribution in [0.1, 0.15) is 18.4 Å². The highest BCUT2D eigenvalue weighted by Gasteiger charge is 2.22. The number of nitro groups is 1. The van der Waals surface area contributed by atoms with Gasteiger partial charge in [-0.3, -0.25) is 14.9 Å². The van der Waals surface area contributed by atoms with Crippen molar-refractivity contribution in [3.8, 4) is 11.4 Å². The smallest absolute Gasteiger partial charge is 0.293 e. The molecule has 1 aromatic heterocycles. The Labute approximate surface area is 177 Å². The van der Waals surface area contributed by atoms with Gasteiger partial charge in [-0.2, -0.15) is 9.90 Å². The molecule has 2 heterocycles. The van der Waals surface area contributed by atoms with Crippen molar-refractivity contribution >= 4 is 23.5 Å². The molecule has 2 aromatic carbocycles. The molecule has 4 rings (SSSR count). The number of anilines is 1. The third-order valence-corrected chi connectivity index (χ3v) is 4.82. The van der Waals surface area contributed by atoms with E-state index in [0.717, 1.165) is 31.5 Å². The fourth-order valence-corrected chi connectivity index (χ4v) is 3.35. The molecule has 11 nitrogen and oxygen atoms in total. The Hall–Kier alpha value is -4.15. The van der Waals surface area contributed by atoms with Crippen LogP contribution in [0.2, 0.25) is 0 Å². The lowest BCUT2D eigenvalue weighted by molar-refractivity contribution is -0.384. The van der Waals surface area contributed by atoms with Crippen LogP contribution in [0.3, 0.4) is 0 Å². The second kappa shape index (κ2) is 9.11. The van der Waals surface area contributed by atoms with Crippen molar-refractivity contribution in [2.75, 3.05) is 18.0 Å². The van der Waals surface area contributed by atoms with Crippen LogP contribution in [0.25, 0.3) is 11.4 Å². The average molecular weight is 420 g/mol. The molecule has 0 saturated carbocycles. The third-order valence-electron chi connectivity index (χ3n) is 4.82. The molecule has 31 heavy (non-hydrogen) atoms. The van der Waals surface area contributed by atoms with E-state index < -0.39 is 10.8 Å². The lowest BCUT2D eigenvalue weighted by atomic mass is 10.1. The summed E-state index contributed by atoms with van der Waals surface area (Å²) in [5.74, 6) is -0.0289. The van der Waals surface area contributed by atoms with Crippen molar-refractivity contribution in [2.24, 2.45) is 5.10 Å². The van der Waals surface area contributed by atoms with E-state index in [9.17, 15) is 14.9 Å². The summed E-state index contributed by atoms with van der Waals surface area (Å²) in [7, 11) is 0. The molecule has 1 N–H and O–H groups in total. The van der Waals surface area contributed by atoms with Crippen molar-refractivity contribution in [1.82, 2.24) is 25.6 Å². The van der Waals surface area contributed by atoms with E-state index in [1.807, 2.05) is 35.2 Å². The van der Waals surface area contributed by atoms with Crippen molar-refractivity contribution in [3.05, 3.63) is 64.2 Å². The van der Waals surface area contributed by atoms with Crippen LogP contribution >= 0.6 is 0 Å². The maximum Gasteiger partial charge on any atom is 0.293 e. The topological polar surface area (TPSA) is 131 Å². The number of carbonyl (C=O) groups excluding carboxylic acids is 1. The molecule has 1 aliphatic rings. The maximum absolute atomic E-state index is 12.1. The minimum absolute atomic E-state index is 0.0254. The zero-order valence-electron chi connectivity index (χ0n) is 16.6. The predicted molar refractivity (Wildman–Crippen MR) is 114 cm³/mol. The molecular weight excluding hydrogens is 400 g/mol. The molecule has 158 valence electrons. The normalized spacial score (nSPS) is 13.6. The molecule has 1 aliphatic heterocycles. The number of benzene rings is 2. The number of aromatic nitrogens is 4. The number of nitrogens with one attached hydrogen (secondary N) is 1. The van der Waals surface area contributed by atoms with Crippen molar-refractivity contribution < 1.29 is 9.72 Å². The number of nitro benzene ring substituents is 1. The lowest BCUT2D eigenvalue weighted by Gasteiger charge is -2.17. The number of hydrazone groups is 1. The van der Waals surface area contributed by atoms with Gasteiger partial charge in [-0.1, -0.05) is 36.4 Å². The van der Waals surface area contributed by atoms with Gasteiger partial charge in [0.15, 0.2) is 0 Å². The molecular formula is C20H20N8O3. The van der Waals surface area contributed by atoms with E-state index >= 15 is 0 Å². The summed E-state index contributed by atoms with van der Waals surface area (Å²) < 4.78 is 0. The molecule has 0 bridgehead atoms. The molecule has 0 spiro atoms. The summed E-state index contributed by atoms with van der Waals surface area (Å²) in [6.07, 6.45) is 3.42. The molecule has 0 unspecified atom stereocenters. The summed E-state index contributed by atoms with van der Waals surface area (Å²) in [4.78, 5) is 26.3. The van der Waals surface area contributed by atoms with E-state index in [0.29, 0.717) is 17.1 Å². The van der Waals surface area contributed by atoms with E-state index in [-0.39, 0.29) is 12.2 Å². The first-order valence-corrected chi connectivity index (χ1v) is 9.79. The zero-order chi connectivity index (χ0) is 21.6. The second-order valence-electron chi connectivity index (χ2n) is 7.00. The van der Waals surface area contributed by atoms with Crippen molar-refractivity contribution in [1.29, 1.82) is 0 Å². The summed E-state index contributed by atoms with van der Waals surface area (Å²) in [5.41, 5.74) is 4.31. The van der Waals surface area contributed by atoms with E-state index in [4.69, 9.17) is 0 Å². The minimum atomic E-state index is -0.448. The Balaban J connectivity index is 1.37. The van der Waals surface area contributed by atoms with Gasteiger partial charge in [-0.05, 0) is 24.1 Å². The van der Waals surface area contributed by atoms with Crippen LogP contribution in [0.5, 0.6) is 0 Å². The molecule has 1 saturated heterocycles. The van der Waals surface area contributed by atoms with Gasteiger partial charge in [0.05, 0.1) is 11.1 Å². The van der Waals surface area contributed by atoms with Crippen LogP contribution in [0.15, 0.2) is 53.6 Å². The number of hydrogen-bond donors (Lipinski definition) is 1. The quantitative estimate of drug-likeness (QED) is 0.351. The number of tetrazole rings is 1. The highest BCUT2D eigenvalue weighted by atomic mass is 16.6. The monoisotopic (exact) mass is 420 g/mol. The van der Waals surface area contributed by atoms with E-state index in [2.05, 4.69) is 25.9 Å². The van der Waals surface area contributed by atoms with E-state index in [1.165, 1.54) is 17.1 Å². The summed E-state index contributed by atoms with van der Waals surface area (Å²) >= 11 is 0. The first kappa shape index (κ1) is 20.1. The minimum Gasteiger partial charge on any atom is -0.366 e. The largest absolute Gasteiger partial charge is 0.366 e. The predicted octanol–water partition coefficient (Wildman–Crippen LogP) is 2.00. The summed E-state index contributed by atoms with van der Waals surface area (Å²) in [5, 5.41) is 27.3. The Morgan fingerprint density at radius 1 is 1.19 bits per heavy atom. The van der Waals surface area contributed by atoms with Gasteiger partial charge in [0, 0.05) is 30.3 Å². The van der Waals surface area contributed by atoms with Gasteiger partial charge in [-0.25, -0.2) is 5.43 Å². The number of carbonyl (C=O) groups is 1. The number of amides is 1. The van der Waals surface area contributed by atoms with E-state index in [1.54, 1.807) is 12.1 Å². The molecule has 0 radical (unpaired) electrons. The molecule has 3 aromatic rings. The fraction of sp³-hybridized carbons (Fsp3) is 0.250. The van der Waals surface area contributed by atoms with Crippen LogP contribution in [0.4, 0.5) is 11.4 Å². The standard InChI is InChI=1S/C20H20N8O3/c29-19(14-27-24-20(23-25-27)16-6-2-1-3-7-16)22-21-13-15-8-9-17(18(12-15)28(30)31)26-10-4-5-11-26/h1-3,6-9,12-13H,4-5,10-11,14H2,(H,22,29)/b21-13-. The fourth-order valence-electron chi connectivity index (χ4n) is 3.35. The summed E-state index contributed by atoms with van der Waals surface area (Å²) in [6.45, 7) is 1.46. The van der Waals surface area contributed by atoms with Gasteiger partial charge in [0.2, 0.25) is 5.82 Å². The second-order valence-corrected chi connectivity index (χ2v) is 7.00. The van der Waals surface area contributed by atoms with Gasteiger partial charge >= 0.3 is 0 Å². The van der Waals surface area contributed by atoms with Gasteiger partial charge < -0.3 is 4.90 Å².